The van der Waals surface area contributed by atoms with Gasteiger partial charge in [0.25, 0.3) is 0 Å². The zero-order chi connectivity index (χ0) is 10.4. The number of benzene rings is 1. The highest BCUT2D eigenvalue weighted by atomic mass is 79.9. The lowest BCUT2D eigenvalue weighted by atomic mass is 10.4. The Morgan fingerprint density at radius 2 is 2.00 bits per heavy atom. The summed E-state index contributed by atoms with van der Waals surface area (Å²) in [4.78, 5) is 1.22. The summed E-state index contributed by atoms with van der Waals surface area (Å²) < 4.78 is 8.46. The molecule has 1 aromatic carbocycles. The molecule has 0 aliphatic rings. The van der Waals surface area contributed by atoms with Crippen molar-refractivity contribution in [1.29, 1.82) is 0 Å². The molecule has 0 spiro atoms. The third-order valence-corrected chi connectivity index (χ3v) is 2.98. The van der Waals surface area contributed by atoms with Crippen LogP contribution in [-0.2, 0) is 4.74 Å². The van der Waals surface area contributed by atoms with Gasteiger partial charge in [0, 0.05) is 23.0 Å². The molecule has 0 heterocycles. The molecule has 0 aliphatic heterocycles. The number of hydrogen-bond acceptors (Lipinski definition) is 3. The highest BCUT2D eigenvalue weighted by Crippen LogP contribution is 2.22. The van der Waals surface area contributed by atoms with Crippen LogP contribution in [0.4, 0.5) is 0 Å². The van der Waals surface area contributed by atoms with E-state index in [0.717, 1.165) is 11.1 Å². The second-order valence-corrected chi connectivity index (χ2v) is 4.99. The van der Waals surface area contributed by atoms with E-state index in [1.54, 1.807) is 11.9 Å². The first-order valence-electron chi connectivity index (χ1n) is 4.44. The van der Waals surface area contributed by atoms with Crippen LogP contribution in [0, 0.1) is 0 Å². The summed E-state index contributed by atoms with van der Waals surface area (Å²) in [6.07, 6.45) is 0. The van der Waals surface area contributed by atoms with Crippen molar-refractivity contribution < 1.29 is 4.74 Å². The predicted octanol–water partition coefficient (Wildman–Crippen LogP) is 3.38. The number of rotatable bonds is 5. The molecule has 0 aliphatic carbocycles. The molecule has 0 aromatic heterocycles. The molecule has 14 heavy (non-hydrogen) atoms. The average molecular weight is 276 g/mol. The van der Waals surface area contributed by atoms with E-state index in [2.05, 4.69) is 32.4 Å². The first-order valence-corrected chi connectivity index (χ1v) is 6.01. The predicted molar refractivity (Wildman–Crippen MR) is 64.3 cm³/mol. The number of halogens is 1. The minimum Gasteiger partial charge on any atom is -0.366 e. The monoisotopic (exact) mass is 275 g/mol. The normalized spacial score (nSPS) is 10.9. The molecule has 0 unspecified atom stereocenters. The van der Waals surface area contributed by atoms with Crippen molar-refractivity contribution in [3.05, 3.63) is 28.7 Å². The summed E-state index contributed by atoms with van der Waals surface area (Å²) in [7, 11) is 2.02. The van der Waals surface area contributed by atoms with Crippen LogP contribution in [0.1, 0.15) is 6.92 Å². The van der Waals surface area contributed by atoms with Crippen molar-refractivity contribution >= 4 is 27.9 Å². The lowest BCUT2D eigenvalue weighted by Crippen LogP contribution is -2.13. The minimum absolute atomic E-state index is 0.650. The fourth-order valence-electron chi connectivity index (χ4n) is 0.922. The molecule has 0 fully saturated rings. The van der Waals surface area contributed by atoms with Crippen LogP contribution >= 0.6 is 27.9 Å². The molecule has 78 valence electrons. The Morgan fingerprint density at radius 3 is 2.57 bits per heavy atom. The minimum atomic E-state index is 0.650. The Labute approximate surface area is 97.9 Å². The topological polar surface area (TPSA) is 12.5 Å². The van der Waals surface area contributed by atoms with Crippen LogP contribution in [0.5, 0.6) is 0 Å². The molecule has 0 atom stereocenters. The summed E-state index contributed by atoms with van der Waals surface area (Å²) in [6.45, 7) is 3.40. The Balaban J connectivity index is 2.39. The third kappa shape index (κ3) is 4.46. The second-order valence-electron chi connectivity index (χ2n) is 2.80. The van der Waals surface area contributed by atoms with Crippen LogP contribution in [0.25, 0.3) is 0 Å². The van der Waals surface area contributed by atoms with E-state index in [4.69, 9.17) is 4.74 Å². The fraction of sp³-hybridized carbons (Fsp3) is 0.400. The largest absolute Gasteiger partial charge is 0.366 e. The van der Waals surface area contributed by atoms with Gasteiger partial charge in [-0.25, -0.2) is 4.31 Å². The molecule has 0 amide bonds. The molecular weight excluding hydrogens is 262 g/mol. The van der Waals surface area contributed by atoms with Crippen molar-refractivity contribution in [1.82, 2.24) is 4.31 Å². The van der Waals surface area contributed by atoms with Gasteiger partial charge in [-0.05, 0) is 43.1 Å². The fourth-order valence-corrected chi connectivity index (χ4v) is 1.93. The van der Waals surface area contributed by atoms with Gasteiger partial charge < -0.3 is 4.74 Å². The van der Waals surface area contributed by atoms with Crippen molar-refractivity contribution in [2.24, 2.45) is 0 Å². The summed E-state index contributed by atoms with van der Waals surface area (Å²) in [5.41, 5.74) is 0. The number of hydrogen-bond donors (Lipinski definition) is 0. The van der Waals surface area contributed by atoms with E-state index in [0.29, 0.717) is 6.73 Å². The van der Waals surface area contributed by atoms with Gasteiger partial charge >= 0.3 is 0 Å². The maximum absolute atomic E-state index is 5.29. The first kappa shape index (κ1) is 12.0. The Kier molecular flexibility index (Phi) is 5.55. The summed E-state index contributed by atoms with van der Waals surface area (Å²) in [5, 5.41) is 0. The second kappa shape index (κ2) is 6.45. The average Bonchev–Trinajstić information content (AvgIpc) is 2.18. The Hall–Kier alpha value is -0.0300. The standard InChI is InChI=1S/C10H14BrNOS/c1-3-13-8-12(2)14-10-6-4-9(11)5-7-10/h4-7H,3,8H2,1-2H3. The van der Waals surface area contributed by atoms with E-state index < -0.39 is 0 Å². The quantitative estimate of drug-likeness (QED) is 0.604. The lowest BCUT2D eigenvalue weighted by molar-refractivity contribution is 0.0964. The zero-order valence-corrected chi connectivity index (χ0v) is 10.8. The van der Waals surface area contributed by atoms with E-state index in [9.17, 15) is 0 Å². The Morgan fingerprint density at radius 1 is 1.36 bits per heavy atom. The van der Waals surface area contributed by atoms with Crippen molar-refractivity contribution in [3.8, 4) is 0 Å². The SMILES string of the molecule is CCOCN(C)Sc1ccc(Br)cc1. The molecule has 1 aromatic rings. The third-order valence-electron chi connectivity index (χ3n) is 1.55. The van der Waals surface area contributed by atoms with Gasteiger partial charge in [0.15, 0.2) is 0 Å². The van der Waals surface area contributed by atoms with Crippen LogP contribution in [0.2, 0.25) is 0 Å². The highest BCUT2D eigenvalue weighted by Gasteiger charge is 2.00. The van der Waals surface area contributed by atoms with Crippen molar-refractivity contribution in [3.63, 3.8) is 0 Å². The van der Waals surface area contributed by atoms with Gasteiger partial charge in [-0.1, -0.05) is 15.9 Å². The summed E-state index contributed by atoms with van der Waals surface area (Å²) in [5.74, 6) is 0. The maximum Gasteiger partial charge on any atom is 0.108 e. The van der Waals surface area contributed by atoms with Crippen LogP contribution in [0.3, 0.4) is 0 Å². The smallest absolute Gasteiger partial charge is 0.108 e. The molecule has 1 rings (SSSR count). The molecule has 0 saturated carbocycles. The first-order chi connectivity index (χ1) is 6.72. The summed E-state index contributed by atoms with van der Waals surface area (Å²) in [6, 6.07) is 8.24. The van der Waals surface area contributed by atoms with Crippen LogP contribution in [0.15, 0.2) is 33.6 Å². The van der Waals surface area contributed by atoms with E-state index in [1.165, 1.54) is 4.90 Å². The van der Waals surface area contributed by atoms with Crippen LogP contribution < -0.4 is 0 Å². The Bertz CT molecular complexity index is 265. The molecule has 0 radical (unpaired) electrons. The molecule has 2 nitrogen and oxygen atoms in total. The lowest BCUT2D eigenvalue weighted by Gasteiger charge is -2.14. The van der Waals surface area contributed by atoms with E-state index in [1.807, 2.05) is 26.1 Å². The molecule has 4 heteroatoms. The summed E-state index contributed by atoms with van der Waals surface area (Å²) >= 11 is 5.09. The molecular formula is C10H14BrNOS. The van der Waals surface area contributed by atoms with Gasteiger partial charge in [0.2, 0.25) is 0 Å². The molecule has 0 bridgehead atoms. The van der Waals surface area contributed by atoms with Gasteiger partial charge in [-0.3, -0.25) is 0 Å². The van der Waals surface area contributed by atoms with Crippen molar-refractivity contribution in [2.45, 2.75) is 11.8 Å². The van der Waals surface area contributed by atoms with E-state index in [-0.39, 0.29) is 0 Å². The van der Waals surface area contributed by atoms with Crippen molar-refractivity contribution in [2.75, 3.05) is 20.4 Å². The van der Waals surface area contributed by atoms with Gasteiger partial charge in [-0.2, -0.15) is 0 Å². The number of ether oxygens (including phenoxy) is 1. The maximum atomic E-state index is 5.29. The van der Waals surface area contributed by atoms with Gasteiger partial charge in [0.05, 0.1) is 0 Å². The highest BCUT2D eigenvalue weighted by molar-refractivity contribution is 9.10. The van der Waals surface area contributed by atoms with Gasteiger partial charge in [0.1, 0.15) is 6.73 Å². The molecule has 0 N–H and O–H groups in total. The molecule has 0 saturated heterocycles. The van der Waals surface area contributed by atoms with Gasteiger partial charge in [-0.15, -0.1) is 0 Å². The number of nitrogens with zero attached hydrogens (tertiary/aromatic N) is 1. The van der Waals surface area contributed by atoms with Crippen LogP contribution in [-0.4, -0.2) is 24.7 Å². The van der Waals surface area contributed by atoms with E-state index >= 15 is 0 Å². The zero-order valence-electron chi connectivity index (χ0n) is 8.37.